The lowest BCUT2D eigenvalue weighted by Gasteiger charge is -2.13. The molecule has 0 radical (unpaired) electrons. The van der Waals surface area contributed by atoms with E-state index in [-0.39, 0.29) is 11.2 Å². The second-order valence-corrected chi connectivity index (χ2v) is 4.51. The highest BCUT2D eigenvalue weighted by molar-refractivity contribution is 5.86. The van der Waals surface area contributed by atoms with Crippen LogP contribution in [0.25, 0.3) is 10.9 Å². The largest absolute Gasteiger partial charge is 0.493 e. The van der Waals surface area contributed by atoms with Crippen LogP contribution < -0.4 is 20.7 Å². The summed E-state index contributed by atoms with van der Waals surface area (Å²) in [7, 11) is 3.07. The summed E-state index contributed by atoms with van der Waals surface area (Å²) in [5.74, 6) is 1.01. The third-order valence-electron chi connectivity index (χ3n) is 3.27. The maximum Gasteiger partial charge on any atom is 0.327 e. The molecular weight excluding hydrogens is 258 g/mol. The summed E-state index contributed by atoms with van der Waals surface area (Å²) in [6.07, 6.45) is 1.80. The first kappa shape index (κ1) is 14.2. The number of hydrogen-bond acceptors (Lipinski definition) is 4. The Bertz CT molecular complexity index is 731. The van der Waals surface area contributed by atoms with Crippen molar-refractivity contribution in [3.8, 4) is 11.5 Å². The second kappa shape index (κ2) is 5.81. The van der Waals surface area contributed by atoms with Crippen LogP contribution in [0.2, 0.25) is 0 Å². The Labute approximate surface area is 116 Å². The number of methoxy groups -OCH3 is 2. The second-order valence-electron chi connectivity index (χ2n) is 4.51. The van der Waals surface area contributed by atoms with E-state index in [0.29, 0.717) is 28.9 Å². The van der Waals surface area contributed by atoms with E-state index >= 15 is 0 Å². The zero-order valence-electron chi connectivity index (χ0n) is 11.9. The molecule has 0 aliphatic rings. The first-order chi connectivity index (χ1) is 9.63. The van der Waals surface area contributed by atoms with Crippen LogP contribution in [0.5, 0.6) is 11.5 Å². The number of nitrogens with one attached hydrogen (secondary N) is 2. The lowest BCUT2D eigenvalue weighted by molar-refractivity contribution is 0.358. The van der Waals surface area contributed by atoms with E-state index in [4.69, 9.17) is 14.9 Å². The molecule has 20 heavy (non-hydrogen) atoms. The Morgan fingerprint density at radius 2 is 2.05 bits per heavy atom. The highest BCUT2D eigenvalue weighted by Crippen LogP contribution is 2.31. The van der Waals surface area contributed by atoms with Crippen molar-refractivity contribution in [2.75, 3.05) is 14.2 Å². The molecule has 0 aliphatic carbocycles. The molecule has 0 bridgehead atoms. The molecule has 0 amide bonds. The van der Waals surface area contributed by atoms with Crippen LogP contribution in [0.4, 0.5) is 0 Å². The van der Waals surface area contributed by atoms with Gasteiger partial charge in [0.1, 0.15) is 5.49 Å². The highest BCUT2D eigenvalue weighted by Gasteiger charge is 2.14. The van der Waals surface area contributed by atoms with Gasteiger partial charge in [0.25, 0.3) is 0 Å². The zero-order chi connectivity index (χ0) is 14.7. The minimum atomic E-state index is -0.275. The SMILES string of the molecule is CCCCn1c(=O)[nH]c2ccc(OC)c(OC)c2c1=N. The molecule has 1 aromatic heterocycles. The van der Waals surface area contributed by atoms with E-state index < -0.39 is 0 Å². The predicted molar refractivity (Wildman–Crippen MR) is 76.4 cm³/mol. The van der Waals surface area contributed by atoms with Crippen molar-refractivity contribution in [3.05, 3.63) is 28.1 Å². The Balaban J connectivity index is 2.80. The molecule has 0 fully saturated rings. The Hall–Kier alpha value is -2.24. The zero-order valence-corrected chi connectivity index (χ0v) is 11.9. The van der Waals surface area contributed by atoms with Crippen LogP contribution in [0.15, 0.2) is 16.9 Å². The Morgan fingerprint density at radius 3 is 2.65 bits per heavy atom. The number of hydrogen-bond donors (Lipinski definition) is 2. The van der Waals surface area contributed by atoms with Crippen molar-refractivity contribution in [2.45, 2.75) is 26.3 Å². The first-order valence-electron chi connectivity index (χ1n) is 6.56. The number of nitrogens with zero attached hydrogens (tertiary/aromatic N) is 1. The number of aromatic amines is 1. The summed E-state index contributed by atoms with van der Waals surface area (Å²) in [4.78, 5) is 14.8. The smallest absolute Gasteiger partial charge is 0.327 e. The maximum absolute atomic E-state index is 12.0. The fourth-order valence-electron chi connectivity index (χ4n) is 2.21. The van der Waals surface area contributed by atoms with Gasteiger partial charge in [-0.05, 0) is 18.6 Å². The average molecular weight is 277 g/mol. The minimum Gasteiger partial charge on any atom is -0.493 e. The molecule has 0 saturated heterocycles. The van der Waals surface area contributed by atoms with E-state index in [1.165, 1.54) is 11.7 Å². The number of rotatable bonds is 5. The van der Waals surface area contributed by atoms with Crippen LogP contribution in [0, 0.1) is 5.41 Å². The van der Waals surface area contributed by atoms with Crippen molar-refractivity contribution in [3.63, 3.8) is 0 Å². The van der Waals surface area contributed by atoms with Gasteiger partial charge in [-0.3, -0.25) is 9.98 Å². The lowest BCUT2D eigenvalue weighted by atomic mass is 10.2. The Morgan fingerprint density at radius 1 is 1.30 bits per heavy atom. The highest BCUT2D eigenvalue weighted by atomic mass is 16.5. The van der Waals surface area contributed by atoms with Gasteiger partial charge in [-0.1, -0.05) is 13.3 Å². The number of aromatic nitrogens is 2. The molecule has 0 spiro atoms. The molecular formula is C14H19N3O3. The van der Waals surface area contributed by atoms with Crippen molar-refractivity contribution in [2.24, 2.45) is 0 Å². The van der Waals surface area contributed by atoms with Gasteiger partial charge in [-0.15, -0.1) is 0 Å². The predicted octanol–water partition coefficient (Wildman–Crippen LogP) is 1.63. The normalized spacial score (nSPS) is 10.8. The number of fused-ring (bicyclic) bond motifs is 1. The number of unbranched alkanes of at least 4 members (excludes halogenated alkanes) is 1. The summed E-state index contributed by atoms with van der Waals surface area (Å²) < 4.78 is 12.0. The minimum absolute atomic E-state index is 0.146. The van der Waals surface area contributed by atoms with Gasteiger partial charge in [-0.2, -0.15) is 0 Å². The molecule has 0 unspecified atom stereocenters. The molecule has 0 saturated carbocycles. The van der Waals surface area contributed by atoms with Crippen molar-refractivity contribution in [1.29, 1.82) is 5.41 Å². The fraction of sp³-hybridized carbons (Fsp3) is 0.429. The van der Waals surface area contributed by atoms with Gasteiger partial charge < -0.3 is 14.5 Å². The van der Waals surface area contributed by atoms with E-state index in [1.54, 1.807) is 19.2 Å². The molecule has 1 heterocycles. The molecule has 108 valence electrons. The van der Waals surface area contributed by atoms with Gasteiger partial charge >= 0.3 is 5.69 Å². The quantitative estimate of drug-likeness (QED) is 0.871. The third-order valence-corrected chi connectivity index (χ3v) is 3.27. The molecule has 2 rings (SSSR count). The molecule has 0 atom stereocenters. The lowest BCUT2D eigenvalue weighted by Crippen LogP contribution is -2.35. The van der Waals surface area contributed by atoms with Gasteiger partial charge in [0.05, 0.1) is 25.1 Å². The summed E-state index contributed by atoms with van der Waals surface area (Å²) in [5.41, 5.74) is 0.446. The number of H-pyrrole nitrogens is 1. The molecule has 2 aromatic rings. The van der Waals surface area contributed by atoms with Crippen LogP contribution in [0.1, 0.15) is 19.8 Å². The standard InChI is InChI=1S/C14H19N3O3/c1-4-5-8-17-13(15)11-9(16-14(17)18)6-7-10(19-2)12(11)20-3/h6-7,15H,4-5,8H2,1-3H3,(H,16,18). The van der Waals surface area contributed by atoms with Crippen LogP contribution >= 0.6 is 0 Å². The van der Waals surface area contributed by atoms with E-state index in [9.17, 15) is 4.79 Å². The van der Waals surface area contributed by atoms with E-state index in [2.05, 4.69) is 4.98 Å². The van der Waals surface area contributed by atoms with E-state index in [1.807, 2.05) is 6.92 Å². The topological polar surface area (TPSA) is 80.1 Å². The molecule has 2 N–H and O–H groups in total. The van der Waals surface area contributed by atoms with E-state index in [0.717, 1.165) is 12.8 Å². The Kier molecular flexibility index (Phi) is 4.12. The number of benzene rings is 1. The van der Waals surface area contributed by atoms with Gasteiger partial charge in [0, 0.05) is 6.54 Å². The summed E-state index contributed by atoms with van der Waals surface area (Å²) in [6, 6.07) is 3.44. The third kappa shape index (κ3) is 2.29. The molecule has 6 heteroatoms. The summed E-state index contributed by atoms with van der Waals surface area (Å²) in [5, 5.41) is 8.84. The van der Waals surface area contributed by atoms with Crippen LogP contribution in [0.3, 0.4) is 0 Å². The van der Waals surface area contributed by atoms with Gasteiger partial charge in [-0.25, -0.2) is 4.79 Å². The van der Waals surface area contributed by atoms with Gasteiger partial charge in [0.2, 0.25) is 0 Å². The molecule has 0 aliphatic heterocycles. The summed E-state index contributed by atoms with van der Waals surface area (Å²) in [6.45, 7) is 2.56. The van der Waals surface area contributed by atoms with Crippen LogP contribution in [-0.4, -0.2) is 23.8 Å². The first-order valence-corrected chi connectivity index (χ1v) is 6.56. The molecule has 1 aromatic carbocycles. The summed E-state index contributed by atoms with van der Waals surface area (Å²) >= 11 is 0. The number of ether oxygens (including phenoxy) is 2. The average Bonchev–Trinajstić information content (AvgIpc) is 2.45. The van der Waals surface area contributed by atoms with Crippen molar-refractivity contribution in [1.82, 2.24) is 9.55 Å². The van der Waals surface area contributed by atoms with Crippen molar-refractivity contribution >= 4 is 10.9 Å². The molecule has 6 nitrogen and oxygen atoms in total. The maximum atomic E-state index is 12.0. The van der Waals surface area contributed by atoms with Crippen LogP contribution in [-0.2, 0) is 6.54 Å². The van der Waals surface area contributed by atoms with Crippen molar-refractivity contribution < 1.29 is 9.47 Å². The van der Waals surface area contributed by atoms with Gasteiger partial charge in [0.15, 0.2) is 11.5 Å². The fourth-order valence-corrected chi connectivity index (χ4v) is 2.21. The monoisotopic (exact) mass is 277 g/mol.